The van der Waals surface area contributed by atoms with Gasteiger partial charge in [-0.2, -0.15) is 0 Å². The predicted octanol–water partition coefficient (Wildman–Crippen LogP) is 1.64. The highest BCUT2D eigenvalue weighted by Gasteiger charge is 2.02. The van der Waals surface area contributed by atoms with Gasteiger partial charge in [-0.25, -0.2) is 4.79 Å². The zero-order chi connectivity index (χ0) is 10.1. The van der Waals surface area contributed by atoms with Crippen LogP contribution in [-0.4, -0.2) is 10.7 Å². The molecule has 72 valence electrons. The van der Waals surface area contributed by atoms with Crippen LogP contribution >= 0.6 is 0 Å². The molecule has 1 aromatic heterocycles. The third-order valence-corrected chi connectivity index (χ3v) is 2.08. The lowest BCUT2D eigenvalue weighted by atomic mass is 10.2. The quantitative estimate of drug-likeness (QED) is 0.743. The van der Waals surface area contributed by atoms with Crippen molar-refractivity contribution in [2.24, 2.45) is 12.8 Å². The van der Waals surface area contributed by atoms with Gasteiger partial charge in [0.25, 0.3) is 0 Å². The molecule has 1 aromatic carbocycles. The minimum absolute atomic E-state index is 0.465. The highest BCUT2D eigenvalue weighted by Crippen LogP contribution is 2.21. The molecule has 0 aliphatic rings. The first-order valence-electron chi connectivity index (χ1n) is 4.19. The molecule has 2 aromatic rings. The summed E-state index contributed by atoms with van der Waals surface area (Å²) in [6.45, 7) is 0. The first-order valence-corrected chi connectivity index (χ1v) is 4.19. The number of nitrogens with two attached hydrogens (primary N) is 1. The Morgan fingerprint density at radius 3 is 2.93 bits per heavy atom. The Kier molecular flexibility index (Phi) is 1.89. The van der Waals surface area contributed by atoms with Gasteiger partial charge in [0, 0.05) is 19.3 Å². The number of fused-ring (bicyclic) bond motifs is 1. The number of nitrogens with zero attached hydrogens (tertiary/aromatic N) is 1. The number of carbonyl (C=O) groups excluding carboxylic acids is 1. The van der Waals surface area contributed by atoms with Crippen molar-refractivity contribution in [2.75, 3.05) is 0 Å². The first-order chi connectivity index (χ1) is 6.66. The van der Waals surface area contributed by atoms with Crippen molar-refractivity contribution in [3.8, 4) is 5.75 Å². The van der Waals surface area contributed by atoms with Crippen LogP contribution in [0.4, 0.5) is 4.79 Å². The van der Waals surface area contributed by atoms with Crippen molar-refractivity contribution in [3.05, 3.63) is 30.5 Å². The van der Waals surface area contributed by atoms with E-state index in [9.17, 15) is 4.79 Å². The monoisotopic (exact) mass is 190 g/mol. The molecular weight excluding hydrogens is 180 g/mol. The highest BCUT2D eigenvalue weighted by atomic mass is 16.5. The van der Waals surface area contributed by atoms with Crippen molar-refractivity contribution >= 4 is 17.0 Å². The van der Waals surface area contributed by atoms with Gasteiger partial charge in [0.2, 0.25) is 0 Å². The number of rotatable bonds is 1. The van der Waals surface area contributed by atoms with Gasteiger partial charge in [-0.3, -0.25) is 0 Å². The van der Waals surface area contributed by atoms with E-state index >= 15 is 0 Å². The van der Waals surface area contributed by atoms with Gasteiger partial charge in [-0.1, -0.05) is 0 Å². The Morgan fingerprint density at radius 2 is 2.21 bits per heavy atom. The van der Waals surface area contributed by atoms with Crippen LogP contribution in [-0.2, 0) is 7.05 Å². The van der Waals surface area contributed by atoms with Crippen LogP contribution in [0.1, 0.15) is 0 Å². The van der Waals surface area contributed by atoms with Gasteiger partial charge in [-0.15, -0.1) is 0 Å². The molecule has 1 heterocycles. The second-order valence-electron chi connectivity index (χ2n) is 3.07. The summed E-state index contributed by atoms with van der Waals surface area (Å²) in [6.07, 6.45) is 1.15. The molecule has 2 N–H and O–H groups in total. The van der Waals surface area contributed by atoms with Gasteiger partial charge in [-0.05, 0) is 23.6 Å². The molecule has 14 heavy (non-hydrogen) atoms. The Labute approximate surface area is 80.9 Å². The smallest absolute Gasteiger partial charge is 0.409 e. The van der Waals surface area contributed by atoms with E-state index in [1.807, 2.05) is 29.9 Å². The van der Waals surface area contributed by atoms with Crippen LogP contribution in [0.5, 0.6) is 5.75 Å². The maximum atomic E-state index is 10.5. The molecule has 2 rings (SSSR count). The number of benzene rings is 1. The molecule has 0 saturated heterocycles. The lowest BCUT2D eigenvalue weighted by molar-refractivity contribution is 0.211. The fourth-order valence-corrected chi connectivity index (χ4v) is 1.42. The molecule has 0 saturated carbocycles. The summed E-state index contributed by atoms with van der Waals surface area (Å²) in [4.78, 5) is 10.5. The Bertz CT molecular complexity index is 488. The third-order valence-electron chi connectivity index (χ3n) is 2.08. The van der Waals surface area contributed by atoms with E-state index < -0.39 is 6.09 Å². The molecule has 0 bridgehead atoms. The average Bonchev–Trinajstić information content (AvgIpc) is 2.47. The molecule has 0 aliphatic heterocycles. The zero-order valence-electron chi connectivity index (χ0n) is 7.73. The van der Waals surface area contributed by atoms with Gasteiger partial charge >= 0.3 is 6.09 Å². The summed E-state index contributed by atoms with van der Waals surface area (Å²) in [6, 6.07) is 7.37. The Hall–Kier alpha value is -1.97. The fraction of sp³-hybridized carbons (Fsp3) is 0.100. The molecule has 0 unspecified atom stereocenters. The molecule has 1 amide bonds. The van der Waals surface area contributed by atoms with Gasteiger partial charge < -0.3 is 15.0 Å². The number of hydrogen-bond donors (Lipinski definition) is 1. The van der Waals surface area contributed by atoms with E-state index in [1.54, 1.807) is 12.1 Å². The van der Waals surface area contributed by atoms with Crippen LogP contribution in [0.25, 0.3) is 10.9 Å². The van der Waals surface area contributed by atoms with Crippen molar-refractivity contribution in [2.45, 2.75) is 0 Å². The van der Waals surface area contributed by atoms with Crippen LogP contribution in [0.15, 0.2) is 30.5 Å². The molecule has 4 nitrogen and oxygen atoms in total. The van der Waals surface area contributed by atoms with Gasteiger partial charge in [0.15, 0.2) is 0 Å². The maximum absolute atomic E-state index is 10.5. The summed E-state index contributed by atoms with van der Waals surface area (Å²) in [5.74, 6) is 0.465. The lowest BCUT2D eigenvalue weighted by Crippen LogP contribution is -2.16. The van der Waals surface area contributed by atoms with E-state index in [-0.39, 0.29) is 0 Å². The first kappa shape index (κ1) is 8.62. The number of ether oxygens (including phenoxy) is 1. The summed E-state index contributed by atoms with van der Waals surface area (Å²) in [7, 11) is 1.93. The van der Waals surface area contributed by atoms with Gasteiger partial charge in [0.05, 0.1) is 5.52 Å². The minimum atomic E-state index is -0.793. The van der Waals surface area contributed by atoms with Crippen LogP contribution in [0.2, 0.25) is 0 Å². The topological polar surface area (TPSA) is 57.2 Å². The molecule has 4 heteroatoms. The number of hydrogen-bond acceptors (Lipinski definition) is 2. The molecule has 0 atom stereocenters. The van der Waals surface area contributed by atoms with Crippen molar-refractivity contribution < 1.29 is 9.53 Å². The largest absolute Gasteiger partial charge is 0.410 e. The SMILES string of the molecule is Cn1ccc2ccc(OC(N)=O)cc21. The zero-order valence-corrected chi connectivity index (χ0v) is 7.73. The normalized spacial score (nSPS) is 10.4. The maximum Gasteiger partial charge on any atom is 0.409 e. The van der Waals surface area contributed by atoms with Crippen LogP contribution < -0.4 is 10.5 Å². The summed E-state index contributed by atoms with van der Waals surface area (Å²) >= 11 is 0. The van der Waals surface area contributed by atoms with Crippen LogP contribution in [0.3, 0.4) is 0 Å². The molecule has 0 aliphatic carbocycles. The van der Waals surface area contributed by atoms with Crippen molar-refractivity contribution in [1.82, 2.24) is 4.57 Å². The van der Waals surface area contributed by atoms with E-state index in [1.165, 1.54) is 0 Å². The Balaban J connectivity index is 2.49. The van der Waals surface area contributed by atoms with E-state index in [2.05, 4.69) is 0 Å². The third kappa shape index (κ3) is 1.42. The number of primary amides is 1. The fourth-order valence-electron chi connectivity index (χ4n) is 1.42. The number of amides is 1. The number of aromatic nitrogens is 1. The summed E-state index contributed by atoms with van der Waals surface area (Å²) in [5, 5.41) is 1.10. The number of carbonyl (C=O) groups is 1. The second-order valence-corrected chi connectivity index (χ2v) is 3.07. The van der Waals surface area contributed by atoms with E-state index in [0.717, 1.165) is 10.9 Å². The summed E-state index contributed by atoms with van der Waals surface area (Å²) in [5.41, 5.74) is 5.92. The molecule has 0 fully saturated rings. The van der Waals surface area contributed by atoms with Crippen molar-refractivity contribution in [1.29, 1.82) is 0 Å². The minimum Gasteiger partial charge on any atom is -0.410 e. The Morgan fingerprint density at radius 1 is 1.43 bits per heavy atom. The highest BCUT2D eigenvalue weighted by molar-refractivity contribution is 5.82. The average molecular weight is 190 g/mol. The number of aryl methyl sites for hydroxylation is 1. The van der Waals surface area contributed by atoms with Crippen LogP contribution in [0, 0.1) is 0 Å². The van der Waals surface area contributed by atoms with E-state index in [0.29, 0.717) is 5.75 Å². The predicted molar refractivity (Wildman–Crippen MR) is 53.1 cm³/mol. The standard InChI is InChI=1S/C10H10N2O2/c1-12-5-4-7-2-3-8(6-9(7)12)14-10(11)13/h2-6H,1H3,(H2,11,13). The molecule has 0 spiro atoms. The molecule has 0 radical (unpaired) electrons. The summed E-state index contributed by atoms with van der Waals surface area (Å²) < 4.78 is 6.72. The second kappa shape index (κ2) is 3.06. The van der Waals surface area contributed by atoms with Gasteiger partial charge in [0.1, 0.15) is 5.75 Å². The van der Waals surface area contributed by atoms with E-state index in [4.69, 9.17) is 10.5 Å². The lowest BCUT2D eigenvalue weighted by Gasteiger charge is -2.01. The van der Waals surface area contributed by atoms with Crippen molar-refractivity contribution in [3.63, 3.8) is 0 Å². The molecular formula is C10H10N2O2.